The number of aromatic nitrogens is 3. The molecule has 0 saturated carbocycles. The topological polar surface area (TPSA) is 70.7 Å². The molecule has 2 aromatic heterocycles. The second-order valence-corrected chi connectivity index (χ2v) is 9.06. The molecular formula is C28H21FN4OS. The van der Waals surface area contributed by atoms with E-state index in [1.807, 2.05) is 60.7 Å². The minimum absolute atomic E-state index is 0.158. The van der Waals surface area contributed by atoms with Gasteiger partial charge >= 0.3 is 0 Å². The van der Waals surface area contributed by atoms with Gasteiger partial charge < -0.3 is 5.32 Å². The fourth-order valence-electron chi connectivity index (χ4n) is 3.63. The molecule has 7 heteroatoms. The molecule has 0 bridgehead atoms. The van der Waals surface area contributed by atoms with Gasteiger partial charge in [-0.05, 0) is 79.2 Å². The van der Waals surface area contributed by atoms with E-state index in [0.717, 1.165) is 37.6 Å². The van der Waals surface area contributed by atoms with Gasteiger partial charge in [0, 0.05) is 21.4 Å². The predicted octanol–water partition coefficient (Wildman–Crippen LogP) is 6.98. The highest BCUT2D eigenvalue weighted by molar-refractivity contribution is 7.99. The van der Waals surface area contributed by atoms with Gasteiger partial charge in [0.25, 0.3) is 5.91 Å². The fraction of sp³-hybridized carbons (Fsp3) is 0.0357. The summed E-state index contributed by atoms with van der Waals surface area (Å²) in [6.45, 7) is 1.80. The molecule has 172 valence electrons. The quantitative estimate of drug-likeness (QED) is 0.275. The Hall–Kier alpha value is -4.23. The number of aryl methyl sites for hydroxylation is 1. The lowest BCUT2D eigenvalue weighted by atomic mass is 10.2. The summed E-state index contributed by atoms with van der Waals surface area (Å²) in [5.74, 6) is -0.818. The van der Waals surface area contributed by atoms with Gasteiger partial charge in [-0.1, -0.05) is 36.0 Å². The van der Waals surface area contributed by atoms with E-state index in [1.165, 1.54) is 17.8 Å². The van der Waals surface area contributed by atoms with Crippen molar-refractivity contribution >= 4 is 46.4 Å². The second kappa shape index (κ2) is 9.95. The number of aromatic amines is 1. The van der Waals surface area contributed by atoms with E-state index >= 15 is 0 Å². The SMILES string of the molecule is Cc1ccc(NC(=O)c2ccccc2Sc2ccc3c(/C=C/c4ccccn4)n[nH]c3c2)c(F)c1. The number of H-pyrrole nitrogens is 1. The normalized spacial score (nSPS) is 11.3. The van der Waals surface area contributed by atoms with Crippen LogP contribution in [0.2, 0.25) is 0 Å². The third-order valence-corrected chi connectivity index (χ3v) is 6.46. The molecule has 0 aliphatic heterocycles. The van der Waals surface area contributed by atoms with Gasteiger partial charge in [0.2, 0.25) is 0 Å². The summed E-state index contributed by atoms with van der Waals surface area (Å²) >= 11 is 1.46. The standard InChI is InChI=1S/C28H21FN4OS/c1-18-9-13-25(23(29)16-18)31-28(34)22-7-2-3-8-27(22)35-20-11-12-21-24(32-33-26(21)17-20)14-10-19-6-4-5-15-30-19/h2-17H,1H3,(H,31,34)(H,32,33)/b14-10+. The average Bonchev–Trinajstić information content (AvgIpc) is 3.27. The lowest BCUT2D eigenvalue weighted by molar-refractivity contribution is 0.102. The Kier molecular flexibility index (Phi) is 6.41. The molecular weight excluding hydrogens is 459 g/mol. The van der Waals surface area contributed by atoms with Gasteiger partial charge in [-0.3, -0.25) is 14.9 Å². The van der Waals surface area contributed by atoms with Crippen molar-refractivity contribution in [2.75, 3.05) is 5.32 Å². The van der Waals surface area contributed by atoms with E-state index in [2.05, 4.69) is 20.5 Å². The molecule has 0 fully saturated rings. The third-order valence-electron chi connectivity index (χ3n) is 5.40. The van der Waals surface area contributed by atoms with Gasteiger partial charge in [-0.25, -0.2) is 4.39 Å². The lowest BCUT2D eigenvalue weighted by Gasteiger charge is -2.11. The zero-order valence-electron chi connectivity index (χ0n) is 18.8. The molecule has 0 unspecified atom stereocenters. The predicted molar refractivity (Wildman–Crippen MR) is 139 cm³/mol. The molecule has 5 aromatic rings. The molecule has 0 atom stereocenters. The van der Waals surface area contributed by atoms with Gasteiger partial charge in [0.05, 0.1) is 28.2 Å². The summed E-state index contributed by atoms with van der Waals surface area (Å²) in [4.78, 5) is 19.0. The van der Waals surface area contributed by atoms with Crippen LogP contribution in [0.3, 0.4) is 0 Å². The Morgan fingerprint density at radius 1 is 1.00 bits per heavy atom. The number of pyridine rings is 1. The molecule has 0 spiro atoms. The summed E-state index contributed by atoms with van der Waals surface area (Å²) in [5, 5.41) is 11.2. The highest BCUT2D eigenvalue weighted by atomic mass is 32.2. The molecule has 0 saturated heterocycles. The molecule has 35 heavy (non-hydrogen) atoms. The van der Waals surface area contributed by atoms with Gasteiger partial charge in [0.15, 0.2) is 0 Å². The number of hydrogen-bond donors (Lipinski definition) is 2. The summed E-state index contributed by atoms with van der Waals surface area (Å²) < 4.78 is 14.2. The van der Waals surface area contributed by atoms with E-state index in [1.54, 1.807) is 37.4 Å². The average molecular weight is 481 g/mol. The summed E-state index contributed by atoms with van der Waals surface area (Å²) in [6, 6.07) is 23.8. The first-order valence-electron chi connectivity index (χ1n) is 11.0. The van der Waals surface area contributed by atoms with Crippen LogP contribution in [-0.2, 0) is 0 Å². The molecule has 2 N–H and O–H groups in total. The number of hydrogen-bond acceptors (Lipinski definition) is 4. The minimum Gasteiger partial charge on any atom is -0.319 e. The first-order chi connectivity index (χ1) is 17.1. The largest absolute Gasteiger partial charge is 0.319 e. The van der Waals surface area contributed by atoms with E-state index in [9.17, 15) is 9.18 Å². The minimum atomic E-state index is -0.457. The number of anilines is 1. The van der Waals surface area contributed by atoms with Crippen molar-refractivity contribution in [3.63, 3.8) is 0 Å². The summed E-state index contributed by atoms with van der Waals surface area (Å²) in [7, 11) is 0. The molecule has 0 aliphatic carbocycles. The lowest BCUT2D eigenvalue weighted by Crippen LogP contribution is -2.14. The van der Waals surface area contributed by atoms with Crippen LogP contribution >= 0.6 is 11.8 Å². The van der Waals surface area contributed by atoms with Crippen molar-refractivity contribution in [1.29, 1.82) is 0 Å². The molecule has 5 rings (SSSR count). The number of carbonyl (C=O) groups is 1. The highest BCUT2D eigenvalue weighted by Gasteiger charge is 2.15. The smallest absolute Gasteiger partial charge is 0.256 e. The number of benzene rings is 3. The van der Waals surface area contributed by atoms with Crippen molar-refractivity contribution < 1.29 is 9.18 Å². The number of amides is 1. The maximum atomic E-state index is 14.2. The Morgan fingerprint density at radius 2 is 1.86 bits per heavy atom. The van der Waals surface area contributed by atoms with Crippen LogP contribution in [0, 0.1) is 12.7 Å². The van der Waals surface area contributed by atoms with Crippen molar-refractivity contribution in [3.8, 4) is 0 Å². The highest BCUT2D eigenvalue weighted by Crippen LogP contribution is 2.33. The Morgan fingerprint density at radius 3 is 2.69 bits per heavy atom. The molecule has 5 nitrogen and oxygen atoms in total. The molecule has 3 aromatic carbocycles. The first-order valence-corrected chi connectivity index (χ1v) is 11.8. The Bertz CT molecular complexity index is 1550. The van der Waals surface area contributed by atoms with Gasteiger partial charge in [-0.15, -0.1) is 0 Å². The monoisotopic (exact) mass is 480 g/mol. The number of rotatable bonds is 6. The van der Waals surface area contributed by atoms with Crippen molar-refractivity contribution in [3.05, 3.63) is 113 Å². The van der Waals surface area contributed by atoms with Crippen LogP contribution in [0.1, 0.15) is 27.3 Å². The van der Waals surface area contributed by atoms with E-state index in [-0.39, 0.29) is 11.6 Å². The fourth-order valence-corrected chi connectivity index (χ4v) is 4.61. The molecule has 2 heterocycles. The van der Waals surface area contributed by atoms with Crippen molar-refractivity contribution in [2.24, 2.45) is 0 Å². The van der Waals surface area contributed by atoms with E-state index < -0.39 is 5.82 Å². The zero-order chi connectivity index (χ0) is 24.2. The first kappa shape index (κ1) is 22.6. The maximum Gasteiger partial charge on any atom is 0.256 e. The van der Waals surface area contributed by atoms with Crippen molar-refractivity contribution in [1.82, 2.24) is 15.2 Å². The number of nitrogens with zero attached hydrogens (tertiary/aromatic N) is 2. The molecule has 0 radical (unpaired) electrons. The molecule has 1 amide bonds. The van der Waals surface area contributed by atoms with Gasteiger partial charge in [0.1, 0.15) is 5.82 Å². The Labute approximate surface area is 206 Å². The van der Waals surface area contributed by atoms with E-state index in [4.69, 9.17) is 0 Å². The van der Waals surface area contributed by atoms with Crippen LogP contribution in [0.4, 0.5) is 10.1 Å². The van der Waals surface area contributed by atoms with Gasteiger partial charge in [-0.2, -0.15) is 5.10 Å². The third kappa shape index (κ3) is 5.15. The summed E-state index contributed by atoms with van der Waals surface area (Å²) in [6.07, 6.45) is 5.60. The van der Waals surface area contributed by atoms with Crippen LogP contribution in [0.25, 0.3) is 23.1 Å². The number of carbonyl (C=O) groups excluding carboxylic acids is 1. The number of halogens is 1. The second-order valence-electron chi connectivity index (χ2n) is 7.94. The number of fused-ring (bicyclic) bond motifs is 1. The van der Waals surface area contributed by atoms with E-state index in [0.29, 0.717) is 5.56 Å². The van der Waals surface area contributed by atoms with Crippen LogP contribution in [0.15, 0.2) is 94.9 Å². The zero-order valence-corrected chi connectivity index (χ0v) is 19.6. The molecule has 0 aliphatic rings. The van der Waals surface area contributed by atoms with Crippen LogP contribution in [-0.4, -0.2) is 21.1 Å². The van der Waals surface area contributed by atoms with Crippen molar-refractivity contribution in [2.45, 2.75) is 16.7 Å². The van der Waals surface area contributed by atoms with Crippen LogP contribution < -0.4 is 5.32 Å². The number of nitrogens with one attached hydrogen (secondary N) is 2. The summed E-state index contributed by atoms with van der Waals surface area (Å²) in [5.41, 5.74) is 3.99. The Balaban J connectivity index is 1.37. The van der Waals surface area contributed by atoms with Crippen LogP contribution in [0.5, 0.6) is 0 Å². The maximum absolute atomic E-state index is 14.2.